The Hall–Kier alpha value is -4.10. The highest BCUT2D eigenvalue weighted by molar-refractivity contribution is 7.15. The second-order valence-electron chi connectivity index (χ2n) is 7.18. The lowest BCUT2D eigenvalue weighted by atomic mass is 9.96. The van der Waals surface area contributed by atoms with E-state index in [1.165, 1.54) is 16.2 Å². The van der Waals surface area contributed by atoms with Crippen LogP contribution < -0.4 is 9.64 Å². The third-order valence-electron chi connectivity index (χ3n) is 5.30. The van der Waals surface area contributed by atoms with Gasteiger partial charge < -0.3 is 4.74 Å². The van der Waals surface area contributed by atoms with E-state index in [1.54, 1.807) is 7.11 Å². The summed E-state index contributed by atoms with van der Waals surface area (Å²) in [5.41, 5.74) is 1.72. The highest BCUT2D eigenvalue weighted by Crippen LogP contribution is 2.38. The number of aryl methyl sites for hydroxylation is 1. The fraction of sp³-hybridized carbons (Fsp3) is 0.182. The molecule has 3 aromatic rings. The van der Waals surface area contributed by atoms with Gasteiger partial charge in [-0.25, -0.2) is 4.90 Å². The van der Waals surface area contributed by atoms with Gasteiger partial charge in [-0.3, -0.25) is 15.3 Å². The van der Waals surface area contributed by atoms with Gasteiger partial charge in [-0.2, -0.15) is 10.3 Å². The maximum atomic E-state index is 9.84. The van der Waals surface area contributed by atoms with Crippen LogP contribution in [-0.4, -0.2) is 45.9 Å². The monoisotopic (exact) mass is 442 g/mol. The molecule has 0 spiro atoms. The minimum absolute atomic E-state index is 0.143. The third-order valence-corrected chi connectivity index (χ3v) is 6.12. The molecule has 2 aromatic carbocycles. The summed E-state index contributed by atoms with van der Waals surface area (Å²) in [5, 5.41) is 28.2. The number of ether oxygens (including phenoxy) is 1. The first-order valence-electron chi connectivity index (χ1n) is 9.84. The normalized spacial score (nSPS) is 19.8. The number of nitrogens with one attached hydrogen (secondary N) is 1. The number of aliphatic imine (C=N–C) groups is 2. The molecular formula is C22H18N8OS. The number of amidine groups is 2. The van der Waals surface area contributed by atoms with Crippen molar-refractivity contribution in [2.45, 2.75) is 19.0 Å². The van der Waals surface area contributed by atoms with Crippen LogP contribution in [0.5, 0.6) is 5.75 Å². The Labute approximate surface area is 188 Å². The van der Waals surface area contributed by atoms with Crippen LogP contribution in [-0.2, 0) is 0 Å². The number of nitriles is 1. The lowest BCUT2D eigenvalue weighted by Gasteiger charge is -2.34. The predicted octanol–water partition coefficient (Wildman–Crippen LogP) is 3.36. The molecule has 9 nitrogen and oxygen atoms in total. The molecule has 1 N–H and O–H groups in total. The van der Waals surface area contributed by atoms with Crippen molar-refractivity contribution >= 4 is 34.1 Å². The fourth-order valence-corrected chi connectivity index (χ4v) is 4.55. The lowest BCUT2D eigenvalue weighted by Crippen LogP contribution is -2.48. The van der Waals surface area contributed by atoms with Gasteiger partial charge in [0, 0.05) is 5.56 Å². The summed E-state index contributed by atoms with van der Waals surface area (Å²) in [6.45, 7) is 1.89. The first kappa shape index (κ1) is 19.8. The molecule has 3 heterocycles. The summed E-state index contributed by atoms with van der Waals surface area (Å²) in [4.78, 5) is 12.6. The predicted molar refractivity (Wildman–Crippen MR) is 122 cm³/mol. The van der Waals surface area contributed by atoms with Gasteiger partial charge in [-0.05, 0) is 24.6 Å². The summed E-state index contributed by atoms with van der Waals surface area (Å²) < 4.78 is 5.28. The van der Waals surface area contributed by atoms with Crippen LogP contribution >= 0.6 is 11.3 Å². The van der Waals surface area contributed by atoms with Crippen LogP contribution in [0.15, 0.2) is 64.6 Å². The molecule has 0 saturated carbocycles. The van der Waals surface area contributed by atoms with Gasteiger partial charge >= 0.3 is 0 Å². The van der Waals surface area contributed by atoms with E-state index >= 15 is 0 Å². The number of hydrogen-bond donors (Lipinski definition) is 1. The molecule has 2 aliphatic heterocycles. The third kappa shape index (κ3) is 3.19. The van der Waals surface area contributed by atoms with Gasteiger partial charge in [0.05, 0.1) is 7.11 Å². The van der Waals surface area contributed by atoms with Gasteiger partial charge in [0.15, 0.2) is 6.19 Å². The van der Waals surface area contributed by atoms with E-state index in [-0.39, 0.29) is 5.96 Å². The minimum atomic E-state index is -0.524. The topological polar surface area (TPSA) is 114 Å². The number of nitrogens with zero attached hydrogens (tertiary/aromatic N) is 7. The SMILES string of the molecule is COc1ccc([C@@H]2[C@@H]3N=C(c4ccccc4)N(c4nnc(C)s4)C3=NC(=N)N2C#N)cc1. The van der Waals surface area contributed by atoms with Crippen molar-refractivity contribution < 1.29 is 4.74 Å². The van der Waals surface area contributed by atoms with E-state index in [0.29, 0.717) is 22.6 Å². The number of hydrogen-bond acceptors (Lipinski definition) is 8. The summed E-state index contributed by atoms with van der Waals surface area (Å²) >= 11 is 1.43. The van der Waals surface area contributed by atoms with Crippen molar-refractivity contribution in [3.05, 3.63) is 70.7 Å². The van der Waals surface area contributed by atoms with Crippen molar-refractivity contribution in [3.63, 3.8) is 0 Å². The van der Waals surface area contributed by atoms with E-state index in [9.17, 15) is 5.26 Å². The molecule has 0 unspecified atom stereocenters. The first-order valence-corrected chi connectivity index (χ1v) is 10.7. The average molecular weight is 443 g/mol. The van der Waals surface area contributed by atoms with E-state index in [1.807, 2.05) is 66.4 Å². The molecule has 0 radical (unpaired) electrons. The maximum Gasteiger partial charge on any atom is 0.233 e. The number of methoxy groups -OCH3 is 1. The van der Waals surface area contributed by atoms with Gasteiger partial charge in [-0.1, -0.05) is 53.8 Å². The van der Waals surface area contributed by atoms with Gasteiger partial charge in [0.1, 0.15) is 34.5 Å². The Morgan fingerprint density at radius 1 is 1.09 bits per heavy atom. The number of fused-ring (bicyclic) bond motifs is 1. The van der Waals surface area contributed by atoms with E-state index in [4.69, 9.17) is 15.1 Å². The van der Waals surface area contributed by atoms with Crippen LogP contribution in [0.2, 0.25) is 0 Å². The van der Waals surface area contributed by atoms with Crippen LogP contribution in [0.3, 0.4) is 0 Å². The Morgan fingerprint density at radius 2 is 1.84 bits per heavy atom. The molecule has 5 rings (SSSR count). The van der Waals surface area contributed by atoms with Crippen LogP contribution in [0.25, 0.3) is 0 Å². The largest absolute Gasteiger partial charge is 0.497 e. The second-order valence-corrected chi connectivity index (χ2v) is 8.34. The van der Waals surface area contributed by atoms with Crippen molar-refractivity contribution in [1.29, 1.82) is 10.7 Å². The Kier molecular flexibility index (Phi) is 4.88. The molecule has 0 aliphatic carbocycles. The molecule has 0 saturated heterocycles. The molecule has 0 bridgehead atoms. The Bertz CT molecular complexity index is 1280. The number of benzene rings is 2. The first-order chi connectivity index (χ1) is 15.6. The van der Waals surface area contributed by atoms with E-state index in [2.05, 4.69) is 21.4 Å². The standard InChI is InChI=1S/C22H18N8OS/c1-13-27-28-22(32-13)30-19(15-6-4-3-5-7-15)25-17-18(14-8-10-16(31-2)11-9-14)29(12-23)21(24)26-20(17)30/h3-11,17-18,24H,1-2H3/t17-,18+/m0/s1. The molecule has 1 aromatic heterocycles. The minimum Gasteiger partial charge on any atom is -0.497 e. The molecule has 10 heteroatoms. The molecular weight excluding hydrogens is 424 g/mol. The fourth-order valence-electron chi connectivity index (χ4n) is 3.85. The van der Waals surface area contributed by atoms with Crippen LogP contribution in [0, 0.1) is 23.8 Å². The molecule has 0 amide bonds. The summed E-state index contributed by atoms with van der Waals surface area (Å²) in [6.07, 6.45) is 2.11. The highest BCUT2D eigenvalue weighted by Gasteiger charge is 2.47. The van der Waals surface area contributed by atoms with E-state index in [0.717, 1.165) is 16.1 Å². The number of guanidine groups is 1. The lowest BCUT2D eigenvalue weighted by molar-refractivity contribution is 0.388. The van der Waals surface area contributed by atoms with E-state index < -0.39 is 12.1 Å². The van der Waals surface area contributed by atoms with Crippen molar-refractivity contribution in [1.82, 2.24) is 15.1 Å². The van der Waals surface area contributed by atoms with Crippen molar-refractivity contribution in [2.24, 2.45) is 9.98 Å². The number of rotatable bonds is 4. The van der Waals surface area contributed by atoms with Crippen LogP contribution in [0.4, 0.5) is 5.13 Å². The smallest absolute Gasteiger partial charge is 0.233 e. The summed E-state index contributed by atoms with van der Waals surface area (Å²) in [7, 11) is 1.60. The van der Waals surface area contributed by atoms with Gasteiger partial charge in [-0.15, -0.1) is 10.2 Å². The molecule has 2 atom stereocenters. The van der Waals surface area contributed by atoms with Gasteiger partial charge in [0.25, 0.3) is 0 Å². The Balaban J connectivity index is 1.68. The molecule has 2 aliphatic rings. The zero-order chi connectivity index (χ0) is 22.2. The Morgan fingerprint density at radius 3 is 2.47 bits per heavy atom. The molecule has 158 valence electrons. The highest BCUT2D eigenvalue weighted by atomic mass is 32.1. The quantitative estimate of drug-likeness (QED) is 0.620. The zero-order valence-electron chi connectivity index (χ0n) is 17.3. The zero-order valence-corrected chi connectivity index (χ0v) is 18.1. The average Bonchev–Trinajstić information content (AvgIpc) is 3.42. The maximum absolute atomic E-state index is 9.84. The van der Waals surface area contributed by atoms with Crippen molar-refractivity contribution in [3.8, 4) is 11.9 Å². The van der Waals surface area contributed by atoms with Crippen LogP contribution in [0.1, 0.15) is 22.2 Å². The molecule has 32 heavy (non-hydrogen) atoms. The number of aromatic nitrogens is 2. The van der Waals surface area contributed by atoms with Gasteiger partial charge in [0.2, 0.25) is 11.1 Å². The second kappa shape index (κ2) is 7.86. The summed E-state index contributed by atoms with van der Waals surface area (Å²) in [6, 6.07) is 16.2. The van der Waals surface area contributed by atoms with Crippen molar-refractivity contribution in [2.75, 3.05) is 12.0 Å². The number of anilines is 1. The molecule has 0 fully saturated rings. The summed E-state index contributed by atoms with van der Waals surface area (Å²) in [5.74, 6) is 1.78.